The first-order valence-electron chi connectivity index (χ1n) is 17.0. The Bertz CT molecular complexity index is 1230. The van der Waals surface area contributed by atoms with Crippen molar-refractivity contribution in [3.8, 4) is 0 Å². The third kappa shape index (κ3) is 6.32. The van der Waals surface area contributed by atoms with E-state index in [0.29, 0.717) is 64.8 Å². The molecule has 0 radical (unpaired) electrons. The lowest BCUT2D eigenvalue weighted by atomic mass is 9.65. The number of fused-ring (bicyclic) bond motifs is 1. The van der Waals surface area contributed by atoms with E-state index in [9.17, 15) is 13.2 Å². The molecule has 0 aromatic heterocycles. The zero-order chi connectivity index (χ0) is 31.0. The van der Waals surface area contributed by atoms with Crippen LogP contribution in [0.15, 0.2) is 30.3 Å². The summed E-state index contributed by atoms with van der Waals surface area (Å²) in [6.45, 7) is 2.44. The molecule has 4 saturated heterocycles. The first kappa shape index (κ1) is 32.3. The number of piperidine rings is 2. The summed E-state index contributed by atoms with van der Waals surface area (Å²) in [5.74, 6) is -1.70. The van der Waals surface area contributed by atoms with Gasteiger partial charge in [-0.1, -0.05) is 62.4 Å². The maximum atomic E-state index is 15.6. The number of benzene rings is 1. The van der Waals surface area contributed by atoms with Gasteiger partial charge in [0.15, 0.2) is 0 Å². The van der Waals surface area contributed by atoms with Gasteiger partial charge in [-0.2, -0.15) is 13.2 Å². The number of rotatable bonds is 6. The fourth-order valence-electron chi connectivity index (χ4n) is 9.24. The average Bonchev–Trinajstić information content (AvgIpc) is 3.64. The topological polar surface area (TPSA) is 73.0 Å². The molecular weight excluding hydrogens is 589 g/mol. The third-order valence-corrected chi connectivity index (χ3v) is 13.4. The molecule has 5 aliphatic rings. The van der Waals surface area contributed by atoms with Gasteiger partial charge in [0, 0.05) is 38.8 Å². The highest BCUT2D eigenvalue weighted by Crippen LogP contribution is 2.54. The number of likely N-dealkylation sites (tertiary alicyclic amines) is 1. The summed E-state index contributed by atoms with van der Waals surface area (Å²) in [6.07, 6.45) is 5.35. The van der Waals surface area contributed by atoms with Gasteiger partial charge >= 0.3 is 6.18 Å². The van der Waals surface area contributed by atoms with Crippen LogP contribution in [0, 0.1) is 23.7 Å². The Labute approximate surface area is 260 Å². The van der Waals surface area contributed by atoms with Crippen molar-refractivity contribution in [2.75, 3.05) is 32.7 Å². The molecule has 4 heterocycles. The SMILES string of the molecule is O=C(C1C2CC(C3CCN(S(=O)(=O)Cc4ccccc4)CC3)CCN2NC1(C1CCCCCCC1)C(F)(F)F)N1CCCC1. The second kappa shape index (κ2) is 13.2. The lowest BCUT2D eigenvalue weighted by Gasteiger charge is -2.44. The summed E-state index contributed by atoms with van der Waals surface area (Å²) >= 11 is 0. The molecule has 1 aromatic carbocycles. The number of carbonyl (C=O) groups excluding carboxylic acids is 1. The Morgan fingerprint density at radius 2 is 1.43 bits per heavy atom. The van der Waals surface area contributed by atoms with Gasteiger partial charge in [0.2, 0.25) is 15.9 Å². The summed E-state index contributed by atoms with van der Waals surface area (Å²) in [7, 11) is -3.44. The largest absolute Gasteiger partial charge is 0.408 e. The lowest BCUT2D eigenvalue weighted by Crippen LogP contribution is -2.66. The van der Waals surface area contributed by atoms with Crippen LogP contribution in [0.2, 0.25) is 0 Å². The monoisotopic (exact) mass is 638 g/mol. The third-order valence-electron chi connectivity index (χ3n) is 11.5. The van der Waals surface area contributed by atoms with E-state index in [4.69, 9.17) is 0 Å². The molecule has 44 heavy (non-hydrogen) atoms. The van der Waals surface area contributed by atoms with E-state index in [0.717, 1.165) is 56.9 Å². The van der Waals surface area contributed by atoms with Gasteiger partial charge in [0.05, 0.1) is 11.7 Å². The fraction of sp³-hybridized carbons (Fsp3) is 0.788. The van der Waals surface area contributed by atoms with Crippen molar-refractivity contribution in [3.63, 3.8) is 0 Å². The zero-order valence-electron chi connectivity index (χ0n) is 25.8. The highest BCUT2D eigenvalue weighted by atomic mass is 32.2. The molecule has 11 heteroatoms. The molecule has 1 amide bonds. The molecule has 5 fully saturated rings. The maximum Gasteiger partial charge on any atom is 0.408 e. The smallest absolute Gasteiger partial charge is 0.342 e. The van der Waals surface area contributed by atoms with Crippen molar-refractivity contribution in [2.24, 2.45) is 23.7 Å². The van der Waals surface area contributed by atoms with Crippen LogP contribution in [0.3, 0.4) is 0 Å². The van der Waals surface area contributed by atoms with Crippen molar-refractivity contribution in [3.05, 3.63) is 35.9 Å². The van der Waals surface area contributed by atoms with Gasteiger partial charge in [0.1, 0.15) is 5.54 Å². The van der Waals surface area contributed by atoms with E-state index >= 15 is 13.2 Å². The van der Waals surface area contributed by atoms with Crippen LogP contribution in [0.4, 0.5) is 13.2 Å². The maximum absolute atomic E-state index is 15.6. The Kier molecular flexibility index (Phi) is 9.68. The Balaban J connectivity index is 1.21. The number of alkyl halides is 3. The van der Waals surface area contributed by atoms with Crippen molar-refractivity contribution < 1.29 is 26.4 Å². The molecule has 1 saturated carbocycles. The van der Waals surface area contributed by atoms with Gasteiger partial charge in [-0.25, -0.2) is 23.2 Å². The second-order valence-electron chi connectivity index (χ2n) is 14.1. The molecule has 0 bridgehead atoms. The summed E-state index contributed by atoms with van der Waals surface area (Å²) in [6, 6.07) is 8.69. The van der Waals surface area contributed by atoms with E-state index in [2.05, 4.69) is 5.43 Å². The molecule has 4 atom stereocenters. The predicted molar refractivity (Wildman–Crippen MR) is 164 cm³/mol. The van der Waals surface area contributed by atoms with Crippen molar-refractivity contribution in [2.45, 2.75) is 107 Å². The second-order valence-corrected chi connectivity index (χ2v) is 16.0. The van der Waals surface area contributed by atoms with Crippen LogP contribution < -0.4 is 5.43 Å². The van der Waals surface area contributed by atoms with Gasteiger partial charge in [-0.3, -0.25) is 4.79 Å². The summed E-state index contributed by atoms with van der Waals surface area (Å²) in [4.78, 5) is 15.9. The minimum atomic E-state index is -4.55. The zero-order valence-corrected chi connectivity index (χ0v) is 26.6. The first-order chi connectivity index (χ1) is 21.1. The van der Waals surface area contributed by atoms with Crippen molar-refractivity contribution >= 4 is 15.9 Å². The summed E-state index contributed by atoms with van der Waals surface area (Å²) in [5, 5.41) is 1.81. The molecule has 1 N–H and O–H groups in total. The number of sulfonamides is 1. The van der Waals surface area contributed by atoms with Crippen LogP contribution in [0.5, 0.6) is 0 Å². The number of nitrogens with one attached hydrogen (secondary N) is 1. The number of nitrogens with zero attached hydrogens (tertiary/aromatic N) is 3. The molecule has 246 valence electrons. The number of carbonyl (C=O) groups is 1. The van der Waals surface area contributed by atoms with E-state index in [1.807, 2.05) is 30.3 Å². The van der Waals surface area contributed by atoms with E-state index in [1.165, 1.54) is 0 Å². The van der Waals surface area contributed by atoms with E-state index in [1.54, 1.807) is 14.2 Å². The van der Waals surface area contributed by atoms with Gasteiger partial charge in [-0.15, -0.1) is 0 Å². The average molecular weight is 639 g/mol. The Hall–Kier alpha value is -1.69. The number of amides is 1. The molecule has 1 aliphatic carbocycles. The minimum absolute atomic E-state index is 0.0222. The quantitative estimate of drug-likeness (QED) is 0.431. The molecule has 6 rings (SSSR count). The van der Waals surface area contributed by atoms with E-state index in [-0.39, 0.29) is 23.5 Å². The number of hydrazine groups is 1. The van der Waals surface area contributed by atoms with Gasteiger partial charge < -0.3 is 4.90 Å². The molecule has 4 unspecified atom stereocenters. The van der Waals surface area contributed by atoms with Crippen molar-refractivity contribution in [1.82, 2.24) is 19.6 Å². The first-order valence-corrected chi connectivity index (χ1v) is 18.6. The molecular formula is C33H49F3N4O3S. The van der Waals surface area contributed by atoms with Gasteiger partial charge in [-0.05, 0) is 74.7 Å². The predicted octanol–water partition coefficient (Wildman–Crippen LogP) is 5.73. The van der Waals surface area contributed by atoms with Crippen LogP contribution in [0.1, 0.15) is 89.0 Å². The molecule has 1 aromatic rings. The van der Waals surface area contributed by atoms with Gasteiger partial charge in [0.25, 0.3) is 0 Å². The molecule has 7 nitrogen and oxygen atoms in total. The number of hydrogen-bond donors (Lipinski definition) is 1. The molecule has 4 aliphatic heterocycles. The fourth-order valence-corrected chi connectivity index (χ4v) is 10.8. The van der Waals surface area contributed by atoms with Crippen molar-refractivity contribution in [1.29, 1.82) is 0 Å². The minimum Gasteiger partial charge on any atom is -0.342 e. The standard InChI is InChI=1S/C33H49F3N4O3S/c34-33(35,36)32(28-13-7-2-1-3-8-14-28)30(31(41)38-18-9-10-19-38)29-23-27(17-22-40(29)37-32)26-15-20-39(21-16-26)44(42,43)24-25-11-5-4-6-12-25/h4-6,11-12,26-30,37H,1-3,7-10,13-24H2. The van der Waals surface area contributed by atoms with Crippen LogP contribution >= 0.6 is 0 Å². The molecule has 0 spiro atoms. The summed E-state index contributed by atoms with van der Waals surface area (Å²) < 4.78 is 74.7. The number of halogens is 3. The van der Waals surface area contributed by atoms with E-state index < -0.39 is 39.6 Å². The highest BCUT2D eigenvalue weighted by Gasteiger charge is 2.72. The lowest BCUT2D eigenvalue weighted by molar-refractivity contribution is -0.229. The normalized spacial score (nSPS) is 32.3. The Morgan fingerprint density at radius 1 is 0.818 bits per heavy atom. The van der Waals surface area contributed by atoms with Crippen LogP contribution in [-0.4, -0.2) is 79.0 Å². The Morgan fingerprint density at radius 3 is 2.07 bits per heavy atom. The highest BCUT2D eigenvalue weighted by molar-refractivity contribution is 7.88. The summed E-state index contributed by atoms with van der Waals surface area (Å²) in [5.41, 5.74) is 1.59. The number of hydrogen-bond acceptors (Lipinski definition) is 5. The van der Waals surface area contributed by atoms with Crippen LogP contribution in [-0.2, 0) is 20.6 Å². The van der Waals surface area contributed by atoms with Crippen LogP contribution in [0.25, 0.3) is 0 Å².